The van der Waals surface area contributed by atoms with Gasteiger partial charge >= 0.3 is 0 Å². The summed E-state index contributed by atoms with van der Waals surface area (Å²) in [6.07, 6.45) is 0.909. The Morgan fingerprint density at radius 1 is 0.562 bits per heavy atom. The van der Waals surface area contributed by atoms with Crippen molar-refractivity contribution in [1.82, 2.24) is 0 Å². The molecular formula is C10H8Cl6. The van der Waals surface area contributed by atoms with Gasteiger partial charge in [-0.25, -0.2) is 0 Å². The fourth-order valence-corrected chi connectivity index (χ4v) is 6.75. The molecule has 0 aromatic heterocycles. The van der Waals surface area contributed by atoms with Gasteiger partial charge in [-0.2, -0.15) is 0 Å². The predicted octanol–water partition coefficient (Wildman–Crippen LogP) is 4.65. The number of fused-ring (bicyclic) bond motifs is 5. The van der Waals surface area contributed by atoms with Gasteiger partial charge in [-0.05, 0) is 18.3 Å². The van der Waals surface area contributed by atoms with Crippen LogP contribution in [-0.4, -0.2) is 13.0 Å². The molecule has 0 spiro atoms. The molecule has 0 amide bonds. The molecule has 0 N–H and O–H groups in total. The second kappa shape index (κ2) is 2.76. The molecule has 0 nitrogen and oxygen atoms in total. The second-order valence-corrected chi connectivity index (χ2v) is 9.91. The quantitative estimate of drug-likeness (QED) is 0.563. The van der Waals surface area contributed by atoms with Crippen LogP contribution < -0.4 is 0 Å². The van der Waals surface area contributed by atoms with Crippen LogP contribution in [0.5, 0.6) is 0 Å². The van der Waals surface area contributed by atoms with Crippen molar-refractivity contribution in [2.45, 2.75) is 19.4 Å². The van der Waals surface area contributed by atoms with Crippen LogP contribution in [0.15, 0.2) is 0 Å². The lowest BCUT2D eigenvalue weighted by molar-refractivity contribution is 0.569. The van der Waals surface area contributed by atoms with Crippen molar-refractivity contribution in [3.05, 3.63) is 0 Å². The molecule has 0 aromatic rings. The van der Waals surface area contributed by atoms with Gasteiger partial charge in [0.15, 0.2) is 0 Å². The van der Waals surface area contributed by atoms with Crippen molar-refractivity contribution in [2.75, 3.05) is 0 Å². The van der Waals surface area contributed by atoms with Crippen LogP contribution in [0.25, 0.3) is 0 Å². The van der Waals surface area contributed by atoms with Crippen LogP contribution >= 0.6 is 69.6 Å². The van der Waals surface area contributed by atoms with Crippen LogP contribution in [0.2, 0.25) is 0 Å². The Labute approximate surface area is 124 Å². The molecule has 0 unspecified atom stereocenters. The summed E-state index contributed by atoms with van der Waals surface area (Å²) in [5.41, 5.74) is 0. The van der Waals surface area contributed by atoms with E-state index in [1.165, 1.54) is 0 Å². The summed E-state index contributed by atoms with van der Waals surface area (Å²) in [5, 5.41) is 0. The number of rotatable bonds is 0. The zero-order chi connectivity index (χ0) is 11.7. The van der Waals surface area contributed by atoms with Crippen LogP contribution in [0.3, 0.4) is 0 Å². The minimum absolute atomic E-state index is 0.171. The van der Waals surface area contributed by atoms with Gasteiger partial charge in [0.1, 0.15) is 13.0 Å². The van der Waals surface area contributed by atoms with E-state index < -0.39 is 13.0 Å². The molecule has 0 heterocycles. The normalized spacial score (nSPS) is 61.1. The van der Waals surface area contributed by atoms with Gasteiger partial charge in [0, 0.05) is 23.7 Å². The maximum atomic E-state index is 6.31. The number of hydrogen-bond donors (Lipinski definition) is 0. The minimum atomic E-state index is -0.719. The van der Waals surface area contributed by atoms with E-state index in [0.29, 0.717) is 0 Å². The molecule has 4 rings (SSSR count). The lowest BCUT2D eigenvalue weighted by Crippen LogP contribution is -1.98. The summed E-state index contributed by atoms with van der Waals surface area (Å²) in [7, 11) is 0. The lowest BCUT2D eigenvalue weighted by atomic mass is 10.1. The highest BCUT2D eigenvalue weighted by molar-refractivity contribution is 6.55. The van der Waals surface area contributed by atoms with Crippen LogP contribution in [0.1, 0.15) is 6.42 Å². The van der Waals surface area contributed by atoms with Crippen molar-refractivity contribution in [3.63, 3.8) is 0 Å². The Morgan fingerprint density at radius 2 is 0.938 bits per heavy atom. The number of hydrogen-bond acceptors (Lipinski definition) is 0. The Balaban J connectivity index is 1.73. The molecular weight excluding hydrogens is 333 g/mol. The third-order valence-electron chi connectivity index (χ3n) is 4.97. The monoisotopic (exact) mass is 338 g/mol. The largest absolute Gasteiger partial charge is 0.125 e. The zero-order valence-corrected chi connectivity index (χ0v) is 12.5. The third-order valence-corrected chi connectivity index (χ3v) is 8.11. The van der Waals surface area contributed by atoms with Gasteiger partial charge in [0.2, 0.25) is 0 Å². The summed E-state index contributed by atoms with van der Waals surface area (Å²) in [5.74, 6) is 1.32. The molecule has 0 aromatic carbocycles. The zero-order valence-electron chi connectivity index (χ0n) is 7.94. The molecule has 6 atom stereocenters. The van der Waals surface area contributed by atoms with Crippen LogP contribution in [-0.2, 0) is 0 Å². The molecule has 0 radical (unpaired) electrons. The number of alkyl halides is 6. The average molecular weight is 341 g/mol. The Kier molecular flexibility index (Phi) is 2.00. The van der Waals surface area contributed by atoms with Gasteiger partial charge < -0.3 is 0 Å². The molecule has 0 bridgehead atoms. The maximum absolute atomic E-state index is 6.31. The first-order chi connectivity index (χ1) is 7.22. The lowest BCUT2D eigenvalue weighted by Gasteiger charge is -1.99. The van der Waals surface area contributed by atoms with Gasteiger partial charge in [-0.15, -0.1) is 69.6 Å². The van der Waals surface area contributed by atoms with Gasteiger partial charge in [0.25, 0.3) is 0 Å². The molecule has 90 valence electrons. The Bertz CT molecular complexity index is 355. The summed E-state index contributed by atoms with van der Waals surface area (Å²) < 4.78 is -2.04. The molecule has 0 aliphatic heterocycles. The molecule has 4 aliphatic rings. The summed E-state index contributed by atoms with van der Waals surface area (Å²) >= 11 is 37.7. The van der Waals surface area contributed by atoms with E-state index in [1.54, 1.807) is 0 Å². The smallest absolute Gasteiger partial charge is 0.101 e. The van der Waals surface area contributed by atoms with Crippen molar-refractivity contribution >= 4 is 69.6 Å². The summed E-state index contributed by atoms with van der Waals surface area (Å²) in [6.45, 7) is 0. The van der Waals surface area contributed by atoms with Crippen LogP contribution in [0, 0.1) is 35.5 Å². The van der Waals surface area contributed by atoms with E-state index in [-0.39, 0.29) is 35.5 Å². The van der Waals surface area contributed by atoms with Crippen molar-refractivity contribution in [1.29, 1.82) is 0 Å². The van der Waals surface area contributed by atoms with E-state index in [9.17, 15) is 0 Å². The van der Waals surface area contributed by atoms with Gasteiger partial charge in [-0.1, -0.05) is 0 Å². The first kappa shape index (κ1) is 11.6. The molecule has 4 aliphatic carbocycles. The van der Waals surface area contributed by atoms with E-state index in [0.717, 1.165) is 6.42 Å². The van der Waals surface area contributed by atoms with E-state index >= 15 is 0 Å². The molecule has 6 heteroatoms. The standard InChI is InChI=1S/C10H8Cl6/c11-8(12)2-1-3-5(9(3,13)14)7-6(4(2)8)10(7,15)16/h2-7H,1H2/t2-,3+,4-,5-,6-,7-/m0/s1. The fraction of sp³-hybridized carbons (Fsp3) is 1.00. The maximum Gasteiger partial charge on any atom is 0.125 e. The van der Waals surface area contributed by atoms with Crippen molar-refractivity contribution in [2.24, 2.45) is 35.5 Å². The first-order valence-electron chi connectivity index (χ1n) is 5.35. The molecule has 16 heavy (non-hydrogen) atoms. The topological polar surface area (TPSA) is 0 Å². The summed E-state index contributed by atoms with van der Waals surface area (Å²) in [4.78, 5) is 0. The van der Waals surface area contributed by atoms with Crippen LogP contribution in [0.4, 0.5) is 0 Å². The number of halogens is 6. The van der Waals surface area contributed by atoms with E-state index in [4.69, 9.17) is 69.6 Å². The molecule has 4 saturated carbocycles. The highest BCUT2D eigenvalue weighted by Gasteiger charge is 2.88. The summed E-state index contributed by atoms with van der Waals surface area (Å²) in [6, 6.07) is 0. The van der Waals surface area contributed by atoms with Crippen molar-refractivity contribution < 1.29 is 0 Å². The highest BCUT2D eigenvalue weighted by atomic mass is 35.5. The fourth-order valence-electron chi connectivity index (χ4n) is 3.99. The first-order valence-corrected chi connectivity index (χ1v) is 7.62. The highest BCUT2D eigenvalue weighted by Crippen LogP contribution is 2.87. The SMILES string of the molecule is ClC1(Cl)[C@@H]2[C@@H]1[C@@H]1[C@H](C[C@@H]3[C@@H]2C3(Cl)Cl)C1(Cl)Cl. The molecule has 0 saturated heterocycles. The van der Waals surface area contributed by atoms with E-state index in [1.807, 2.05) is 0 Å². The van der Waals surface area contributed by atoms with Gasteiger partial charge in [0.05, 0.1) is 0 Å². The second-order valence-electron chi connectivity index (χ2n) is 5.58. The Morgan fingerprint density at radius 3 is 1.31 bits per heavy atom. The Hall–Kier alpha value is 1.74. The third kappa shape index (κ3) is 1.10. The average Bonchev–Trinajstić information content (AvgIpc) is 2.96. The van der Waals surface area contributed by atoms with Gasteiger partial charge in [-0.3, -0.25) is 0 Å². The van der Waals surface area contributed by atoms with Crippen molar-refractivity contribution in [3.8, 4) is 0 Å². The molecule has 4 fully saturated rings. The predicted molar refractivity (Wildman–Crippen MR) is 68.9 cm³/mol. The van der Waals surface area contributed by atoms with E-state index in [2.05, 4.69) is 0 Å². The minimum Gasteiger partial charge on any atom is -0.101 e.